The van der Waals surface area contributed by atoms with Gasteiger partial charge in [0.25, 0.3) is 0 Å². The van der Waals surface area contributed by atoms with Crippen LogP contribution in [0.2, 0.25) is 0 Å². The lowest BCUT2D eigenvalue weighted by molar-refractivity contribution is -0.140. The number of benzene rings is 1. The summed E-state index contributed by atoms with van der Waals surface area (Å²) < 4.78 is 10.4. The zero-order chi connectivity index (χ0) is 17.1. The van der Waals surface area contributed by atoms with E-state index in [-0.39, 0.29) is 11.4 Å². The van der Waals surface area contributed by atoms with Gasteiger partial charge in [0, 0.05) is 6.42 Å². The Balaban J connectivity index is 2.04. The third-order valence-electron chi connectivity index (χ3n) is 3.99. The van der Waals surface area contributed by atoms with E-state index in [0.29, 0.717) is 6.42 Å². The molecule has 0 aliphatic carbocycles. The number of methoxy groups -OCH3 is 1. The van der Waals surface area contributed by atoms with Crippen LogP contribution < -0.4 is 4.74 Å². The van der Waals surface area contributed by atoms with Crippen molar-refractivity contribution >= 4 is 5.97 Å². The van der Waals surface area contributed by atoms with Gasteiger partial charge in [-0.25, -0.2) is 0 Å². The summed E-state index contributed by atoms with van der Waals surface area (Å²) in [4.78, 5) is 11.0. The van der Waals surface area contributed by atoms with Crippen molar-refractivity contribution in [1.29, 1.82) is 0 Å². The molecular weight excluding hydrogens is 288 g/mol. The van der Waals surface area contributed by atoms with Gasteiger partial charge in [0.05, 0.1) is 13.7 Å². The third-order valence-corrected chi connectivity index (χ3v) is 3.99. The van der Waals surface area contributed by atoms with Crippen LogP contribution in [0.3, 0.4) is 0 Å². The van der Waals surface area contributed by atoms with E-state index < -0.39 is 0 Å². The van der Waals surface area contributed by atoms with Crippen molar-refractivity contribution < 1.29 is 14.3 Å². The molecule has 0 aromatic heterocycles. The van der Waals surface area contributed by atoms with Gasteiger partial charge in [0.1, 0.15) is 5.75 Å². The molecule has 0 radical (unpaired) electrons. The molecule has 0 atom stereocenters. The standard InChI is InChI=1S/C20H32O3/c1-20(2,3)17-12-14-18(15-13-17)23-16-10-8-6-5-7-9-11-19(21)22-4/h12-15H,5-11,16H2,1-4H3. The van der Waals surface area contributed by atoms with Gasteiger partial charge in [0.2, 0.25) is 0 Å². The minimum atomic E-state index is -0.101. The molecule has 1 aromatic rings. The number of carbonyl (C=O) groups excluding carboxylic acids is 1. The number of unbranched alkanes of at least 4 members (excludes halogenated alkanes) is 5. The Morgan fingerprint density at radius 1 is 0.913 bits per heavy atom. The zero-order valence-electron chi connectivity index (χ0n) is 15.2. The van der Waals surface area contributed by atoms with E-state index in [0.717, 1.165) is 31.6 Å². The Hall–Kier alpha value is -1.51. The number of ether oxygens (including phenoxy) is 2. The van der Waals surface area contributed by atoms with Gasteiger partial charge in [-0.05, 0) is 36.0 Å². The van der Waals surface area contributed by atoms with Crippen LogP contribution in [0.25, 0.3) is 0 Å². The molecule has 0 heterocycles. The molecular formula is C20H32O3. The molecule has 130 valence electrons. The molecule has 0 aliphatic rings. The highest BCUT2D eigenvalue weighted by molar-refractivity contribution is 5.68. The number of carbonyl (C=O) groups is 1. The summed E-state index contributed by atoms with van der Waals surface area (Å²) in [5.41, 5.74) is 1.52. The number of rotatable bonds is 10. The lowest BCUT2D eigenvalue weighted by atomic mass is 9.87. The summed E-state index contributed by atoms with van der Waals surface area (Å²) in [5, 5.41) is 0. The molecule has 0 spiro atoms. The lowest BCUT2D eigenvalue weighted by Gasteiger charge is -2.19. The van der Waals surface area contributed by atoms with Crippen LogP contribution in [-0.4, -0.2) is 19.7 Å². The fourth-order valence-electron chi connectivity index (χ4n) is 2.42. The van der Waals surface area contributed by atoms with Crippen molar-refractivity contribution in [2.45, 2.75) is 71.1 Å². The molecule has 1 aromatic carbocycles. The number of hydrogen-bond donors (Lipinski definition) is 0. The van der Waals surface area contributed by atoms with Gasteiger partial charge in [-0.15, -0.1) is 0 Å². The summed E-state index contributed by atoms with van der Waals surface area (Å²) in [6.07, 6.45) is 7.22. The average molecular weight is 320 g/mol. The van der Waals surface area contributed by atoms with Crippen molar-refractivity contribution in [3.63, 3.8) is 0 Å². The van der Waals surface area contributed by atoms with Crippen LogP contribution in [0.1, 0.15) is 71.3 Å². The zero-order valence-corrected chi connectivity index (χ0v) is 15.2. The van der Waals surface area contributed by atoms with Crippen LogP contribution in [0, 0.1) is 0 Å². The maximum Gasteiger partial charge on any atom is 0.305 e. The summed E-state index contributed by atoms with van der Waals surface area (Å²) in [6, 6.07) is 8.42. The minimum Gasteiger partial charge on any atom is -0.494 e. The molecule has 0 unspecified atom stereocenters. The van der Waals surface area contributed by atoms with E-state index in [1.165, 1.54) is 31.9 Å². The molecule has 0 saturated carbocycles. The van der Waals surface area contributed by atoms with E-state index in [9.17, 15) is 4.79 Å². The maximum absolute atomic E-state index is 11.0. The van der Waals surface area contributed by atoms with E-state index in [4.69, 9.17) is 4.74 Å². The van der Waals surface area contributed by atoms with E-state index in [1.807, 2.05) is 0 Å². The van der Waals surface area contributed by atoms with Gasteiger partial charge < -0.3 is 9.47 Å². The summed E-state index contributed by atoms with van der Waals surface area (Å²) in [7, 11) is 1.44. The van der Waals surface area contributed by atoms with Gasteiger partial charge in [-0.2, -0.15) is 0 Å². The molecule has 23 heavy (non-hydrogen) atoms. The Bertz CT molecular complexity index is 443. The highest BCUT2D eigenvalue weighted by Crippen LogP contribution is 2.24. The van der Waals surface area contributed by atoms with E-state index in [2.05, 4.69) is 49.8 Å². The second-order valence-electron chi connectivity index (χ2n) is 7.07. The van der Waals surface area contributed by atoms with Crippen molar-refractivity contribution in [3.05, 3.63) is 29.8 Å². The minimum absolute atomic E-state index is 0.101. The molecule has 0 aliphatic heterocycles. The summed E-state index contributed by atoms with van der Waals surface area (Å²) >= 11 is 0. The first-order chi connectivity index (χ1) is 10.9. The van der Waals surface area contributed by atoms with Crippen LogP contribution in [0.5, 0.6) is 5.75 Å². The molecule has 0 bridgehead atoms. The molecule has 3 nitrogen and oxygen atoms in total. The van der Waals surface area contributed by atoms with Crippen molar-refractivity contribution in [1.82, 2.24) is 0 Å². The fraction of sp³-hybridized carbons (Fsp3) is 0.650. The van der Waals surface area contributed by atoms with Gasteiger partial charge in [-0.1, -0.05) is 58.6 Å². The Morgan fingerprint density at radius 3 is 2.04 bits per heavy atom. The molecule has 1 rings (SSSR count). The van der Waals surface area contributed by atoms with Crippen LogP contribution in [0.4, 0.5) is 0 Å². The van der Waals surface area contributed by atoms with Crippen molar-refractivity contribution in [2.75, 3.05) is 13.7 Å². The predicted octanol–water partition coefficient (Wildman–Crippen LogP) is 5.27. The first-order valence-electron chi connectivity index (χ1n) is 8.73. The maximum atomic E-state index is 11.0. The molecule has 0 saturated heterocycles. The second-order valence-corrected chi connectivity index (χ2v) is 7.07. The first kappa shape index (κ1) is 19.5. The topological polar surface area (TPSA) is 35.5 Å². The Labute approximate surface area is 141 Å². The fourth-order valence-corrected chi connectivity index (χ4v) is 2.42. The summed E-state index contributed by atoms with van der Waals surface area (Å²) in [5.74, 6) is 0.854. The highest BCUT2D eigenvalue weighted by atomic mass is 16.5. The quantitative estimate of drug-likeness (QED) is 0.435. The Kier molecular flexibility index (Phi) is 8.75. The third kappa shape index (κ3) is 8.63. The number of esters is 1. The summed E-state index contributed by atoms with van der Waals surface area (Å²) in [6.45, 7) is 7.42. The monoisotopic (exact) mass is 320 g/mol. The van der Waals surface area contributed by atoms with Gasteiger partial charge >= 0.3 is 5.97 Å². The van der Waals surface area contributed by atoms with Crippen LogP contribution in [0.15, 0.2) is 24.3 Å². The van der Waals surface area contributed by atoms with E-state index in [1.54, 1.807) is 0 Å². The van der Waals surface area contributed by atoms with Gasteiger partial charge in [-0.3, -0.25) is 4.79 Å². The Morgan fingerprint density at radius 2 is 1.48 bits per heavy atom. The highest BCUT2D eigenvalue weighted by Gasteiger charge is 2.12. The predicted molar refractivity (Wildman–Crippen MR) is 95.0 cm³/mol. The molecule has 0 amide bonds. The largest absolute Gasteiger partial charge is 0.494 e. The normalized spacial score (nSPS) is 11.3. The van der Waals surface area contributed by atoms with Crippen molar-refractivity contribution in [2.24, 2.45) is 0 Å². The smallest absolute Gasteiger partial charge is 0.305 e. The molecule has 0 N–H and O–H groups in total. The first-order valence-corrected chi connectivity index (χ1v) is 8.73. The second kappa shape index (κ2) is 10.3. The van der Waals surface area contributed by atoms with Gasteiger partial charge in [0.15, 0.2) is 0 Å². The lowest BCUT2D eigenvalue weighted by Crippen LogP contribution is -2.10. The molecule has 3 heteroatoms. The van der Waals surface area contributed by atoms with E-state index >= 15 is 0 Å². The van der Waals surface area contributed by atoms with Crippen LogP contribution in [-0.2, 0) is 14.9 Å². The van der Waals surface area contributed by atoms with Crippen molar-refractivity contribution in [3.8, 4) is 5.75 Å². The SMILES string of the molecule is COC(=O)CCCCCCCCOc1ccc(C(C)(C)C)cc1. The average Bonchev–Trinajstić information content (AvgIpc) is 2.52. The van der Waals surface area contributed by atoms with Crippen LogP contribution >= 0.6 is 0 Å². The molecule has 0 fully saturated rings. The number of hydrogen-bond acceptors (Lipinski definition) is 3.